The van der Waals surface area contributed by atoms with Gasteiger partial charge in [-0.1, -0.05) is 12.8 Å². The topological polar surface area (TPSA) is 61.8 Å². The molecule has 2 fully saturated rings. The van der Waals surface area contributed by atoms with E-state index in [4.69, 9.17) is 4.74 Å². The SMILES string of the molecule is COc1cc(C(F)(F)F)cc(SC)c1C(=O)NC1CCCCC1N1CCC(O)C1. The summed E-state index contributed by atoms with van der Waals surface area (Å²) in [5, 5.41) is 12.9. The van der Waals surface area contributed by atoms with Gasteiger partial charge in [0.25, 0.3) is 5.91 Å². The van der Waals surface area contributed by atoms with Crippen LogP contribution in [0.5, 0.6) is 5.75 Å². The van der Waals surface area contributed by atoms with Gasteiger partial charge in [0.15, 0.2) is 0 Å². The molecule has 3 atom stereocenters. The summed E-state index contributed by atoms with van der Waals surface area (Å²) in [5.74, 6) is -0.498. The van der Waals surface area contributed by atoms with Crippen molar-refractivity contribution in [3.8, 4) is 5.75 Å². The molecule has 29 heavy (non-hydrogen) atoms. The van der Waals surface area contributed by atoms with E-state index in [9.17, 15) is 23.1 Å². The van der Waals surface area contributed by atoms with E-state index >= 15 is 0 Å². The van der Waals surface area contributed by atoms with E-state index in [-0.39, 0.29) is 34.4 Å². The highest BCUT2D eigenvalue weighted by Crippen LogP contribution is 2.38. The molecule has 1 saturated carbocycles. The maximum Gasteiger partial charge on any atom is 0.416 e. The van der Waals surface area contributed by atoms with Crippen molar-refractivity contribution in [2.45, 2.75) is 61.4 Å². The Morgan fingerprint density at radius 2 is 2.00 bits per heavy atom. The van der Waals surface area contributed by atoms with Crippen LogP contribution >= 0.6 is 11.8 Å². The monoisotopic (exact) mass is 432 g/mol. The van der Waals surface area contributed by atoms with E-state index in [2.05, 4.69) is 10.2 Å². The Kier molecular flexibility index (Phi) is 7.01. The Morgan fingerprint density at radius 1 is 1.28 bits per heavy atom. The molecule has 1 saturated heterocycles. The van der Waals surface area contributed by atoms with Crippen molar-refractivity contribution in [3.63, 3.8) is 0 Å². The number of carbonyl (C=O) groups is 1. The molecule has 0 spiro atoms. The lowest BCUT2D eigenvalue weighted by Crippen LogP contribution is -2.53. The molecule has 0 aromatic heterocycles. The number of ether oxygens (including phenoxy) is 1. The van der Waals surface area contributed by atoms with Gasteiger partial charge in [-0.3, -0.25) is 9.69 Å². The van der Waals surface area contributed by atoms with E-state index in [1.807, 2.05) is 0 Å². The molecule has 1 aliphatic carbocycles. The summed E-state index contributed by atoms with van der Waals surface area (Å²) in [6.45, 7) is 1.38. The standard InChI is InChI=1S/C20H27F3N2O3S/c1-28-16-9-12(20(21,22)23)10-17(29-2)18(16)19(27)24-14-5-3-4-6-15(14)25-8-7-13(26)11-25/h9-10,13-15,26H,3-8,11H2,1-2H3,(H,24,27). The molecule has 0 radical (unpaired) electrons. The smallest absolute Gasteiger partial charge is 0.416 e. The zero-order valence-electron chi connectivity index (χ0n) is 16.6. The van der Waals surface area contributed by atoms with Crippen molar-refractivity contribution in [3.05, 3.63) is 23.3 Å². The number of nitrogens with one attached hydrogen (secondary N) is 1. The normalized spacial score (nSPS) is 25.8. The maximum atomic E-state index is 13.2. The fourth-order valence-electron chi connectivity index (χ4n) is 4.33. The number of alkyl halides is 3. The van der Waals surface area contributed by atoms with Crippen LogP contribution in [-0.4, -0.2) is 60.6 Å². The Balaban J connectivity index is 1.85. The summed E-state index contributed by atoms with van der Waals surface area (Å²) in [5.41, 5.74) is -0.698. The van der Waals surface area contributed by atoms with Gasteiger partial charge in [0, 0.05) is 30.1 Å². The number of hydrogen-bond donors (Lipinski definition) is 2. The molecule has 3 rings (SSSR count). The zero-order valence-corrected chi connectivity index (χ0v) is 17.4. The van der Waals surface area contributed by atoms with Crippen LogP contribution in [0.3, 0.4) is 0 Å². The van der Waals surface area contributed by atoms with E-state index in [0.29, 0.717) is 6.54 Å². The van der Waals surface area contributed by atoms with Crippen LogP contribution in [0.4, 0.5) is 13.2 Å². The lowest BCUT2D eigenvalue weighted by molar-refractivity contribution is -0.137. The van der Waals surface area contributed by atoms with Crippen LogP contribution < -0.4 is 10.1 Å². The van der Waals surface area contributed by atoms with Crippen molar-refractivity contribution >= 4 is 17.7 Å². The van der Waals surface area contributed by atoms with Crippen LogP contribution in [0.15, 0.2) is 17.0 Å². The quantitative estimate of drug-likeness (QED) is 0.697. The lowest BCUT2D eigenvalue weighted by Gasteiger charge is -2.38. The highest BCUT2D eigenvalue weighted by Gasteiger charge is 2.37. The molecule has 162 valence electrons. The summed E-state index contributed by atoms with van der Waals surface area (Å²) in [4.78, 5) is 15.6. The van der Waals surface area contributed by atoms with Crippen molar-refractivity contribution in [1.82, 2.24) is 10.2 Å². The van der Waals surface area contributed by atoms with Crippen LogP contribution in [-0.2, 0) is 6.18 Å². The Morgan fingerprint density at radius 3 is 2.59 bits per heavy atom. The molecule has 2 aliphatic rings. The minimum Gasteiger partial charge on any atom is -0.496 e. The number of nitrogens with zero attached hydrogens (tertiary/aromatic N) is 1. The number of carbonyl (C=O) groups excluding carboxylic acids is 1. The van der Waals surface area contributed by atoms with Gasteiger partial charge >= 0.3 is 6.18 Å². The molecular formula is C20H27F3N2O3S. The van der Waals surface area contributed by atoms with E-state index in [1.165, 1.54) is 7.11 Å². The first-order valence-electron chi connectivity index (χ1n) is 9.80. The van der Waals surface area contributed by atoms with Crippen LogP contribution in [0.2, 0.25) is 0 Å². The predicted molar refractivity (Wildman–Crippen MR) is 105 cm³/mol. The summed E-state index contributed by atoms with van der Waals surface area (Å²) >= 11 is 1.09. The third kappa shape index (κ3) is 5.00. The van der Waals surface area contributed by atoms with E-state index < -0.39 is 17.6 Å². The number of benzene rings is 1. The summed E-state index contributed by atoms with van der Waals surface area (Å²) < 4.78 is 44.7. The van der Waals surface area contributed by atoms with Gasteiger partial charge in [0.1, 0.15) is 5.75 Å². The summed E-state index contributed by atoms with van der Waals surface area (Å²) in [6.07, 6.45) is 1.28. The number of likely N-dealkylation sites (tertiary alicyclic amines) is 1. The number of thioether (sulfide) groups is 1. The number of hydrogen-bond acceptors (Lipinski definition) is 5. The number of aliphatic hydroxyl groups excluding tert-OH is 1. The van der Waals surface area contributed by atoms with E-state index in [0.717, 1.165) is 62.5 Å². The molecule has 1 aliphatic heterocycles. The highest BCUT2D eigenvalue weighted by molar-refractivity contribution is 7.98. The summed E-state index contributed by atoms with van der Waals surface area (Å²) in [7, 11) is 1.27. The molecule has 1 aromatic carbocycles. The van der Waals surface area contributed by atoms with Gasteiger partial charge in [0.2, 0.25) is 0 Å². The van der Waals surface area contributed by atoms with Gasteiger partial charge < -0.3 is 15.2 Å². The molecule has 2 N–H and O–H groups in total. The molecule has 9 heteroatoms. The largest absolute Gasteiger partial charge is 0.496 e. The average molecular weight is 433 g/mol. The van der Waals surface area contributed by atoms with Gasteiger partial charge in [-0.25, -0.2) is 0 Å². The predicted octanol–water partition coefficient (Wildman–Crippen LogP) is 3.54. The van der Waals surface area contributed by atoms with Crippen molar-refractivity contribution < 1.29 is 27.8 Å². The fraction of sp³-hybridized carbons (Fsp3) is 0.650. The van der Waals surface area contributed by atoms with Crippen LogP contribution in [0.1, 0.15) is 48.0 Å². The number of amides is 1. The lowest BCUT2D eigenvalue weighted by atomic mass is 9.89. The summed E-state index contributed by atoms with van der Waals surface area (Å²) in [6, 6.07) is 1.90. The molecule has 3 unspecified atom stereocenters. The molecule has 0 bridgehead atoms. The first kappa shape index (κ1) is 22.2. The number of β-amino-alcohol motifs (C(OH)–C–C–N with tert-alkyl or cyclic N) is 1. The number of methoxy groups -OCH3 is 1. The highest BCUT2D eigenvalue weighted by atomic mass is 32.2. The Bertz CT molecular complexity index is 719. The third-order valence-electron chi connectivity index (χ3n) is 5.77. The third-order valence-corrected chi connectivity index (χ3v) is 6.53. The van der Waals surface area contributed by atoms with Gasteiger partial charge in [-0.15, -0.1) is 11.8 Å². The van der Waals surface area contributed by atoms with Crippen molar-refractivity contribution in [1.29, 1.82) is 0 Å². The van der Waals surface area contributed by atoms with Crippen molar-refractivity contribution in [2.75, 3.05) is 26.5 Å². The Hall–Kier alpha value is -1.45. The second kappa shape index (κ2) is 9.14. The molecule has 1 amide bonds. The molecule has 5 nitrogen and oxygen atoms in total. The molecular weight excluding hydrogens is 405 g/mol. The second-order valence-corrected chi connectivity index (χ2v) is 8.47. The fourth-order valence-corrected chi connectivity index (χ4v) is 4.97. The van der Waals surface area contributed by atoms with Gasteiger partial charge in [-0.2, -0.15) is 13.2 Å². The zero-order chi connectivity index (χ0) is 21.2. The average Bonchev–Trinajstić information content (AvgIpc) is 3.12. The number of halogens is 3. The number of rotatable bonds is 5. The van der Waals surface area contributed by atoms with Crippen LogP contribution in [0, 0.1) is 0 Å². The van der Waals surface area contributed by atoms with E-state index in [1.54, 1.807) is 6.26 Å². The molecule has 1 heterocycles. The minimum absolute atomic E-state index is 0.0781. The first-order chi connectivity index (χ1) is 13.7. The van der Waals surface area contributed by atoms with Gasteiger partial charge in [0.05, 0.1) is 24.3 Å². The molecule has 1 aromatic rings. The maximum absolute atomic E-state index is 13.2. The van der Waals surface area contributed by atoms with Crippen molar-refractivity contribution in [2.24, 2.45) is 0 Å². The number of aliphatic hydroxyl groups is 1. The van der Waals surface area contributed by atoms with Crippen LogP contribution in [0.25, 0.3) is 0 Å². The minimum atomic E-state index is -4.52. The Labute approximate surface area is 173 Å². The first-order valence-corrected chi connectivity index (χ1v) is 11.0. The second-order valence-electron chi connectivity index (χ2n) is 7.62. The van der Waals surface area contributed by atoms with Gasteiger partial charge in [-0.05, 0) is 37.7 Å².